The maximum absolute atomic E-state index is 11.0. The summed E-state index contributed by atoms with van der Waals surface area (Å²) in [6, 6.07) is 5.14. The van der Waals surface area contributed by atoms with Crippen LogP contribution in [0.3, 0.4) is 0 Å². The number of halogens is 1. The highest BCUT2D eigenvalue weighted by atomic mass is 35.5. The third-order valence-corrected chi connectivity index (χ3v) is 3.58. The maximum Gasteiger partial charge on any atom is 0.248 e. The number of rotatable bonds is 8. The van der Waals surface area contributed by atoms with Crippen LogP contribution in [0.25, 0.3) is 0 Å². The second kappa shape index (κ2) is 7.81. The predicted octanol–water partition coefficient (Wildman–Crippen LogP) is 2.21. The Balaban J connectivity index is 1.67. The van der Waals surface area contributed by atoms with Crippen molar-refractivity contribution in [2.75, 3.05) is 6.54 Å². The topological polar surface area (TPSA) is 72.9 Å². The molecule has 1 aromatic carbocycles. The third-order valence-electron chi connectivity index (χ3n) is 3.23. The average Bonchev–Trinajstić information content (AvgIpc) is 2.97. The van der Waals surface area contributed by atoms with Crippen molar-refractivity contribution in [1.82, 2.24) is 14.9 Å². The number of primary amides is 1. The molecule has 3 N–H and O–H groups in total. The molecular formula is C15H19ClN4O. The molecule has 0 bridgehead atoms. The van der Waals surface area contributed by atoms with Gasteiger partial charge in [0.2, 0.25) is 5.91 Å². The van der Waals surface area contributed by atoms with Crippen molar-refractivity contribution in [1.29, 1.82) is 0 Å². The van der Waals surface area contributed by atoms with Gasteiger partial charge in [-0.3, -0.25) is 4.79 Å². The van der Waals surface area contributed by atoms with Crippen molar-refractivity contribution >= 4 is 17.5 Å². The molecule has 0 aliphatic heterocycles. The molecule has 112 valence electrons. The lowest BCUT2D eigenvalue weighted by Crippen LogP contribution is -2.16. The number of nitrogens with two attached hydrogens (primary N) is 1. The molecule has 0 spiro atoms. The van der Waals surface area contributed by atoms with E-state index in [4.69, 9.17) is 17.3 Å². The van der Waals surface area contributed by atoms with Crippen molar-refractivity contribution in [3.8, 4) is 0 Å². The fourth-order valence-corrected chi connectivity index (χ4v) is 2.28. The van der Waals surface area contributed by atoms with Gasteiger partial charge in [0.1, 0.15) is 0 Å². The first-order valence-corrected chi connectivity index (χ1v) is 7.29. The number of aromatic nitrogens is 2. The van der Waals surface area contributed by atoms with E-state index in [1.54, 1.807) is 18.3 Å². The van der Waals surface area contributed by atoms with Crippen LogP contribution in [0.4, 0.5) is 0 Å². The summed E-state index contributed by atoms with van der Waals surface area (Å²) >= 11 is 6.12. The summed E-state index contributed by atoms with van der Waals surface area (Å²) in [6.07, 6.45) is 7.75. The molecule has 0 radical (unpaired) electrons. The van der Waals surface area contributed by atoms with Crippen LogP contribution in [0.5, 0.6) is 0 Å². The van der Waals surface area contributed by atoms with Crippen LogP contribution >= 0.6 is 11.6 Å². The quantitative estimate of drug-likeness (QED) is 0.734. The minimum Gasteiger partial charge on any atom is -0.366 e. The summed E-state index contributed by atoms with van der Waals surface area (Å²) < 4.78 is 2.07. The summed E-state index contributed by atoms with van der Waals surface area (Å²) in [5.41, 5.74) is 6.61. The number of carbonyl (C=O) groups is 1. The maximum atomic E-state index is 11.0. The smallest absolute Gasteiger partial charge is 0.248 e. The lowest BCUT2D eigenvalue weighted by atomic mass is 10.1. The zero-order valence-corrected chi connectivity index (χ0v) is 12.5. The Labute approximate surface area is 129 Å². The fraction of sp³-hybridized carbons (Fsp3) is 0.333. The zero-order valence-electron chi connectivity index (χ0n) is 11.8. The van der Waals surface area contributed by atoms with Gasteiger partial charge in [-0.15, -0.1) is 0 Å². The molecule has 0 aliphatic rings. The SMILES string of the molecule is NC(=O)c1ccc(CNCCCCn2ccnc2)c(Cl)c1. The van der Waals surface area contributed by atoms with Gasteiger partial charge in [-0.2, -0.15) is 0 Å². The van der Waals surface area contributed by atoms with Crippen LogP contribution in [-0.4, -0.2) is 22.0 Å². The van der Waals surface area contributed by atoms with Crippen LogP contribution < -0.4 is 11.1 Å². The number of nitrogens with zero attached hydrogens (tertiary/aromatic N) is 2. The van der Waals surface area contributed by atoms with Crippen molar-refractivity contribution in [3.05, 3.63) is 53.1 Å². The molecule has 5 nitrogen and oxygen atoms in total. The van der Waals surface area contributed by atoms with Crippen molar-refractivity contribution in [2.45, 2.75) is 25.9 Å². The van der Waals surface area contributed by atoms with Gasteiger partial charge in [0.25, 0.3) is 0 Å². The number of unbranched alkanes of at least 4 members (excludes halogenated alkanes) is 1. The van der Waals surface area contributed by atoms with Crippen molar-refractivity contribution in [2.24, 2.45) is 5.73 Å². The molecule has 6 heteroatoms. The Bertz CT molecular complexity index is 583. The molecule has 0 atom stereocenters. The Kier molecular flexibility index (Phi) is 5.78. The van der Waals surface area contributed by atoms with Gasteiger partial charge >= 0.3 is 0 Å². The normalized spacial score (nSPS) is 10.7. The zero-order chi connectivity index (χ0) is 15.1. The van der Waals surface area contributed by atoms with Gasteiger partial charge in [0, 0.05) is 36.1 Å². The molecule has 0 saturated carbocycles. The second-order valence-corrected chi connectivity index (χ2v) is 5.26. The first-order valence-electron chi connectivity index (χ1n) is 6.91. The first kappa shape index (κ1) is 15.5. The molecule has 0 aliphatic carbocycles. The fourth-order valence-electron chi connectivity index (χ4n) is 2.03. The largest absolute Gasteiger partial charge is 0.366 e. The summed E-state index contributed by atoms with van der Waals surface area (Å²) in [5, 5.41) is 3.91. The third kappa shape index (κ3) is 4.88. The van der Waals surface area contributed by atoms with Gasteiger partial charge in [-0.05, 0) is 37.1 Å². The lowest BCUT2D eigenvalue weighted by molar-refractivity contribution is 0.100. The molecule has 2 rings (SSSR count). The van der Waals surface area contributed by atoms with E-state index < -0.39 is 5.91 Å². The first-order chi connectivity index (χ1) is 10.2. The number of hydrogen-bond donors (Lipinski definition) is 2. The second-order valence-electron chi connectivity index (χ2n) is 4.85. The Hall–Kier alpha value is -1.85. The summed E-state index contributed by atoms with van der Waals surface area (Å²) in [5.74, 6) is -0.462. The lowest BCUT2D eigenvalue weighted by Gasteiger charge is -2.08. The van der Waals surface area contributed by atoms with Gasteiger partial charge in [0.15, 0.2) is 0 Å². The number of nitrogens with one attached hydrogen (secondary N) is 1. The molecule has 1 amide bonds. The van der Waals surface area contributed by atoms with Crippen LogP contribution in [0.2, 0.25) is 5.02 Å². The van der Waals surface area contributed by atoms with Crippen LogP contribution in [0.1, 0.15) is 28.8 Å². The van der Waals surface area contributed by atoms with Crippen LogP contribution in [-0.2, 0) is 13.1 Å². The van der Waals surface area contributed by atoms with Crippen molar-refractivity contribution in [3.63, 3.8) is 0 Å². The van der Waals surface area contributed by atoms with Gasteiger partial charge < -0.3 is 15.6 Å². The number of carbonyl (C=O) groups excluding carboxylic acids is 1. The molecule has 0 saturated heterocycles. The number of amides is 1. The minimum atomic E-state index is -0.462. The number of imidazole rings is 1. The van der Waals surface area contributed by atoms with E-state index in [1.165, 1.54) is 0 Å². The van der Waals surface area contributed by atoms with E-state index in [0.29, 0.717) is 17.1 Å². The predicted molar refractivity (Wildman–Crippen MR) is 83.1 cm³/mol. The van der Waals surface area contributed by atoms with E-state index in [9.17, 15) is 4.79 Å². The highest BCUT2D eigenvalue weighted by Gasteiger charge is 2.05. The molecule has 1 aromatic heterocycles. The summed E-state index contributed by atoms with van der Waals surface area (Å²) in [4.78, 5) is 15.0. The molecule has 21 heavy (non-hydrogen) atoms. The highest BCUT2D eigenvalue weighted by Crippen LogP contribution is 2.17. The van der Waals surface area contributed by atoms with Gasteiger partial charge in [-0.1, -0.05) is 17.7 Å². The summed E-state index contributed by atoms with van der Waals surface area (Å²) in [7, 11) is 0. The Morgan fingerprint density at radius 1 is 1.38 bits per heavy atom. The van der Waals surface area contributed by atoms with Gasteiger partial charge in [0.05, 0.1) is 6.33 Å². The molecule has 0 fully saturated rings. The van der Waals surface area contributed by atoms with E-state index in [0.717, 1.165) is 31.5 Å². The highest BCUT2D eigenvalue weighted by molar-refractivity contribution is 6.31. The number of hydrogen-bond acceptors (Lipinski definition) is 3. The molecule has 0 unspecified atom stereocenters. The molecule has 2 aromatic rings. The van der Waals surface area contributed by atoms with E-state index in [-0.39, 0.29) is 0 Å². The average molecular weight is 307 g/mol. The van der Waals surface area contributed by atoms with E-state index in [1.807, 2.05) is 18.6 Å². The number of aryl methyl sites for hydroxylation is 1. The van der Waals surface area contributed by atoms with Crippen LogP contribution in [0, 0.1) is 0 Å². The standard InChI is InChI=1S/C15H19ClN4O/c16-14-9-12(15(17)21)3-4-13(14)10-18-5-1-2-7-20-8-6-19-11-20/h3-4,6,8-9,11,18H,1-2,5,7,10H2,(H2,17,21). The van der Waals surface area contributed by atoms with E-state index in [2.05, 4.69) is 14.9 Å². The summed E-state index contributed by atoms with van der Waals surface area (Å²) in [6.45, 7) is 2.58. The Morgan fingerprint density at radius 3 is 2.90 bits per heavy atom. The van der Waals surface area contributed by atoms with Gasteiger partial charge in [-0.25, -0.2) is 4.98 Å². The minimum absolute atomic E-state index is 0.434. The number of benzene rings is 1. The molecule has 1 heterocycles. The van der Waals surface area contributed by atoms with E-state index >= 15 is 0 Å². The monoisotopic (exact) mass is 306 g/mol. The molecular weight excluding hydrogens is 288 g/mol. The Morgan fingerprint density at radius 2 is 2.24 bits per heavy atom. The van der Waals surface area contributed by atoms with Crippen LogP contribution in [0.15, 0.2) is 36.9 Å². The van der Waals surface area contributed by atoms with Crippen molar-refractivity contribution < 1.29 is 4.79 Å².